The van der Waals surface area contributed by atoms with E-state index in [4.69, 9.17) is 17.0 Å². The van der Waals surface area contributed by atoms with E-state index < -0.39 is 14.9 Å². The van der Waals surface area contributed by atoms with Crippen molar-refractivity contribution in [3.8, 4) is 5.75 Å². The molecule has 0 atom stereocenters. The van der Waals surface area contributed by atoms with Crippen molar-refractivity contribution in [1.29, 1.82) is 0 Å². The predicted molar refractivity (Wildman–Crippen MR) is 119 cm³/mol. The number of rotatable bonds is 7. The zero-order valence-corrected chi connectivity index (χ0v) is 17.6. The minimum atomic E-state index is -3.87. The summed E-state index contributed by atoms with van der Waals surface area (Å²) in [6.45, 7) is 0. The van der Waals surface area contributed by atoms with E-state index in [1.54, 1.807) is 12.1 Å². The maximum Gasteiger partial charge on any atom is 0.296 e. The Balaban J connectivity index is 1.69. The van der Waals surface area contributed by atoms with Crippen LogP contribution in [0.3, 0.4) is 0 Å². The van der Waals surface area contributed by atoms with Crippen molar-refractivity contribution in [2.24, 2.45) is 0 Å². The molecule has 2 aromatic carbocycles. The second-order valence-electron chi connectivity index (χ2n) is 5.92. The van der Waals surface area contributed by atoms with Gasteiger partial charge in [-0.3, -0.25) is 10.1 Å². The molecule has 0 saturated heterocycles. The number of hydrogen-bond donors (Lipinski definition) is 3. The zero-order valence-electron chi connectivity index (χ0n) is 16.0. The fourth-order valence-electron chi connectivity index (χ4n) is 2.43. The highest BCUT2D eigenvalue weighted by Crippen LogP contribution is 2.29. The number of nitro groups is 1. The maximum atomic E-state index is 12.4. The zero-order chi connectivity index (χ0) is 22.4. The SMILES string of the molecule is COc1ccc(NC(=S)Nc2ccc(S(=O)(=O)Nc3ncccn3)cc2)c([N+](=O)[O-])c1. The lowest BCUT2D eigenvalue weighted by Crippen LogP contribution is -2.20. The Morgan fingerprint density at radius 1 is 1.10 bits per heavy atom. The monoisotopic (exact) mass is 460 g/mol. The van der Waals surface area contributed by atoms with Crippen LogP contribution in [0, 0.1) is 10.1 Å². The van der Waals surface area contributed by atoms with Crippen molar-refractivity contribution >= 4 is 50.4 Å². The number of nitrogens with zero attached hydrogens (tertiary/aromatic N) is 3. The number of ether oxygens (including phenoxy) is 1. The van der Waals surface area contributed by atoms with Crippen molar-refractivity contribution < 1.29 is 18.1 Å². The second kappa shape index (κ2) is 9.32. The fourth-order valence-corrected chi connectivity index (χ4v) is 3.61. The van der Waals surface area contributed by atoms with Gasteiger partial charge in [0.2, 0.25) is 5.95 Å². The van der Waals surface area contributed by atoms with Crippen LogP contribution in [0.2, 0.25) is 0 Å². The van der Waals surface area contributed by atoms with E-state index in [9.17, 15) is 18.5 Å². The van der Waals surface area contributed by atoms with Crippen molar-refractivity contribution in [1.82, 2.24) is 9.97 Å². The quantitative estimate of drug-likeness (QED) is 0.273. The third-order valence-electron chi connectivity index (χ3n) is 3.86. The molecule has 0 bridgehead atoms. The number of thiocarbonyl (C=S) groups is 1. The smallest absolute Gasteiger partial charge is 0.296 e. The first kappa shape index (κ1) is 21.9. The summed E-state index contributed by atoms with van der Waals surface area (Å²) in [5.74, 6) is 0.290. The Kier molecular flexibility index (Phi) is 6.57. The number of methoxy groups -OCH3 is 1. The van der Waals surface area contributed by atoms with Crippen LogP contribution in [0.15, 0.2) is 65.8 Å². The van der Waals surface area contributed by atoms with Gasteiger partial charge < -0.3 is 15.4 Å². The van der Waals surface area contributed by atoms with E-state index in [0.717, 1.165) is 0 Å². The molecular weight excluding hydrogens is 444 g/mol. The first-order chi connectivity index (χ1) is 14.8. The Morgan fingerprint density at radius 3 is 2.39 bits per heavy atom. The normalized spacial score (nSPS) is 10.7. The number of sulfonamides is 1. The number of hydrogen-bond acceptors (Lipinski definition) is 8. The lowest BCUT2D eigenvalue weighted by Gasteiger charge is -2.12. The van der Waals surface area contributed by atoms with Crippen molar-refractivity contribution in [3.63, 3.8) is 0 Å². The molecule has 31 heavy (non-hydrogen) atoms. The van der Waals surface area contributed by atoms with Crippen LogP contribution in [0.25, 0.3) is 0 Å². The number of anilines is 3. The average Bonchev–Trinajstić information content (AvgIpc) is 2.74. The largest absolute Gasteiger partial charge is 0.496 e. The second-order valence-corrected chi connectivity index (χ2v) is 8.01. The van der Waals surface area contributed by atoms with Crippen LogP contribution >= 0.6 is 12.2 Å². The van der Waals surface area contributed by atoms with E-state index in [2.05, 4.69) is 25.3 Å². The minimum Gasteiger partial charge on any atom is -0.496 e. The molecule has 0 aliphatic heterocycles. The standard InChI is InChI=1S/C18H16N6O5S2/c1-29-13-5-8-15(16(11-13)24(25)26)22-18(30)21-12-3-6-14(7-4-12)31(27,28)23-17-19-9-2-10-20-17/h2-11H,1H3,(H,19,20,23)(H2,21,22,30). The molecule has 0 fully saturated rings. The van der Waals surface area contributed by atoms with Crippen LogP contribution in [-0.4, -0.2) is 35.5 Å². The number of nitro benzene ring substituents is 1. The molecule has 0 unspecified atom stereocenters. The molecule has 1 heterocycles. The number of aromatic nitrogens is 2. The van der Waals surface area contributed by atoms with Crippen LogP contribution < -0.4 is 20.1 Å². The van der Waals surface area contributed by atoms with E-state index in [1.165, 1.54) is 55.9 Å². The van der Waals surface area contributed by atoms with E-state index in [1.807, 2.05) is 0 Å². The fraction of sp³-hybridized carbons (Fsp3) is 0.0556. The van der Waals surface area contributed by atoms with Gasteiger partial charge in [0, 0.05) is 18.1 Å². The lowest BCUT2D eigenvalue weighted by molar-refractivity contribution is -0.384. The maximum absolute atomic E-state index is 12.4. The predicted octanol–water partition coefficient (Wildman–Crippen LogP) is 3.00. The van der Waals surface area contributed by atoms with Crippen LogP contribution in [0.4, 0.5) is 23.0 Å². The number of benzene rings is 2. The highest BCUT2D eigenvalue weighted by molar-refractivity contribution is 7.92. The average molecular weight is 460 g/mol. The molecule has 0 aliphatic rings. The van der Waals surface area contributed by atoms with Gasteiger partial charge in [-0.2, -0.15) is 0 Å². The summed E-state index contributed by atoms with van der Waals surface area (Å²) in [6, 6.07) is 11.6. The Hall–Kier alpha value is -3.84. The summed E-state index contributed by atoms with van der Waals surface area (Å²) < 4.78 is 32.1. The van der Waals surface area contributed by atoms with Gasteiger partial charge >= 0.3 is 0 Å². The van der Waals surface area contributed by atoms with Crippen LogP contribution in [0.5, 0.6) is 5.75 Å². The third-order valence-corrected chi connectivity index (χ3v) is 5.41. The highest BCUT2D eigenvalue weighted by atomic mass is 32.2. The molecule has 0 spiro atoms. The summed E-state index contributed by atoms with van der Waals surface area (Å²) in [5, 5.41) is 16.9. The Morgan fingerprint density at radius 2 is 1.77 bits per heavy atom. The molecular formula is C18H16N6O5S2. The molecule has 0 radical (unpaired) electrons. The topological polar surface area (TPSA) is 148 Å². The molecule has 11 nitrogen and oxygen atoms in total. The highest BCUT2D eigenvalue weighted by Gasteiger charge is 2.17. The van der Waals surface area contributed by atoms with Gasteiger partial charge in [-0.15, -0.1) is 0 Å². The summed E-state index contributed by atoms with van der Waals surface area (Å²) in [4.78, 5) is 18.3. The van der Waals surface area contributed by atoms with Crippen molar-refractivity contribution in [2.45, 2.75) is 4.90 Å². The molecule has 3 aromatic rings. The van der Waals surface area contributed by atoms with Crippen molar-refractivity contribution in [3.05, 3.63) is 71.0 Å². The molecule has 13 heteroatoms. The third kappa shape index (κ3) is 5.61. The molecule has 1 aromatic heterocycles. The summed E-state index contributed by atoms with van der Waals surface area (Å²) in [5.41, 5.74) is 0.442. The summed E-state index contributed by atoms with van der Waals surface area (Å²) in [7, 11) is -2.46. The van der Waals surface area contributed by atoms with Gasteiger partial charge in [0.1, 0.15) is 11.4 Å². The first-order valence-electron chi connectivity index (χ1n) is 8.59. The molecule has 0 aliphatic carbocycles. The van der Waals surface area contributed by atoms with Gasteiger partial charge in [0.05, 0.1) is 23.0 Å². The van der Waals surface area contributed by atoms with Gasteiger partial charge in [0.15, 0.2) is 5.11 Å². The Labute approximate surface area is 182 Å². The van der Waals surface area contributed by atoms with Crippen LogP contribution in [0.1, 0.15) is 0 Å². The first-order valence-corrected chi connectivity index (χ1v) is 10.5. The molecule has 3 rings (SSSR count). The van der Waals surface area contributed by atoms with Gasteiger partial charge in [-0.05, 0) is 54.7 Å². The Bertz CT molecular complexity index is 1200. The van der Waals surface area contributed by atoms with Crippen molar-refractivity contribution in [2.75, 3.05) is 22.5 Å². The number of nitrogens with one attached hydrogen (secondary N) is 3. The lowest BCUT2D eigenvalue weighted by atomic mass is 10.2. The van der Waals surface area contributed by atoms with E-state index >= 15 is 0 Å². The van der Waals surface area contributed by atoms with Gasteiger partial charge in [0.25, 0.3) is 15.7 Å². The van der Waals surface area contributed by atoms with Crippen LogP contribution in [-0.2, 0) is 10.0 Å². The van der Waals surface area contributed by atoms with E-state index in [-0.39, 0.29) is 27.3 Å². The summed E-state index contributed by atoms with van der Waals surface area (Å²) in [6.07, 6.45) is 2.83. The molecule has 3 N–H and O–H groups in total. The van der Waals surface area contributed by atoms with Gasteiger partial charge in [-0.1, -0.05) is 0 Å². The molecule has 0 amide bonds. The van der Waals surface area contributed by atoms with E-state index in [0.29, 0.717) is 11.4 Å². The summed E-state index contributed by atoms with van der Waals surface area (Å²) >= 11 is 5.20. The molecule has 160 valence electrons. The minimum absolute atomic E-state index is 0.00447. The van der Waals surface area contributed by atoms with Gasteiger partial charge in [-0.25, -0.2) is 23.1 Å². The molecule has 0 saturated carbocycles.